The van der Waals surface area contributed by atoms with E-state index in [2.05, 4.69) is 20.7 Å². The van der Waals surface area contributed by atoms with Crippen molar-refractivity contribution in [2.75, 3.05) is 7.11 Å². The van der Waals surface area contributed by atoms with E-state index in [1.165, 1.54) is 25.3 Å². The van der Waals surface area contributed by atoms with Crippen LogP contribution in [0.25, 0.3) is 0 Å². The molecule has 0 amide bonds. The quantitative estimate of drug-likeness (QED) is 0.478. The summed E-state index contributed by atoms with van der Waals surface area (Å²) in [7, 11) is 1.47. The summed E-state index contributed by atoms with van der Waals surface area (Å²) in [6, 6.07) is 11.1. The SMILES string of the molecule is COc1cc(/C=N/NC2=NN=C(C)C2c2ccc([N+](=O)[O-])cc2)ccc1O. The van der Waals surface area contributed by atoms with E-state index in [1.54, 1.807) is 30.5 Å². The molecule has 1 unspecified atom stereocenters. The monoisotopic (exact) mass is 367 g/mol. The van der Waals surface area contributed by atoms with Crippen molar-refractivity contribution in [2.45, 2.75) is 12.8 Å². The summed E-state index contributed by atoms with van der Waals surface area (Å²) in [5.74, 6) is 0.658. The lowest BCUT2D eigenvalue weighted by atomic mass is 9.94. The van der Waals surface area contributed by atoms with E-state index in [-0.39, 0.29) is 17.4 Å². The lowest BCUT2D eigenvalue weighted by Gasteiger charge is -2.13. The van der Waals surface area contributed by atoms with Crippen LogP contribution < -0.4 is 10.2 Å². The Bertz CT molecular complexity index is 951. The highest BCUT2D eigenvalue weighted by atomic mass is 16.6. The van der Waals surface area contributed by atoms with Gasteiger partial charge in [-0.15, -0.1) is 5.10 Å². The Morgan fingerprint density at radius 2 is 2.00 bits per heavy atom. The summed E-state index contributed by atoms with van der Waals surface area (Å²) >= 11 is 0. The van der Waals surface area contributed by atoms with Crippen LogP contribution in [0, 0.1) is 10.1 Å². The molecule has 1 aliphatic rings. The number of nitro benzene ring substituents is 1. The number of ether oxygens (including phenoxy) is 1. The van der Waals surface area contributed by atoms with Gasteiger partial charge in [-0.1, -0.05) is 12.1 Å². The van der Waals surface area contributed by atoms with Crippen LogP contribution in [0.15, 0.2) is 57.8 Å². The topological polar surface area (TPSA) is 122 Å². The number of hydrogen-bond acceptors (Lipinski definition) is 8. The minimum Gasteiger partial charge on any atom is -0.504 e. The fraction of sp³-hybridized carbons (Fsp3) is 0.167. The molecule has 0 saturated heterocycles. The molecule has 1 atom stereocenters. The molecule has 0 aliphatic carbocycles. The first kappa shape index (κ1) is 18.1. The number of non-ortho nitro benzene ring substituents is 1. The first-order valence-electron chi connectivity index (χ1n) is 8.02. The molecule has 2 N–H and O–H groups in total. The zero-order valence-electron chi connectivity index (χ0n) is 14.7. The van der Waals surface area contributed by atoms with Gasteiger partial charge in [0.15, 0.2) is 17.3 Å². The molecule has 0 fully saturated rings. The number of rotatable bonds is 5. The molecule has 1 heterocycles. The van der Waals surface area contributed by atoms with E-state index < -0.39 is 4.92 Å². The number of nitro groups is 1. The maximum absolute atomic E-state index is 10.8. The molecule has 9 nitrogen and oxygen atoms in total. The maximum Gasteiger partial charge on any atom is 0.269 e. The normalized spacial score (nSPS) is 16.1. The zero-order chi connectivity index (χ0) is 19.4. The Hall–Kier alpha value is -3.75. The molecular formula is C18H17N5O4. The minimum atomic E-state index is -0.442. The van der Waals surface area contributed by atoms with Crippen LogP contribution in [-0.2, 0) is 0 Å². The van der Waals surface area contributed by atoms with Gasteiger partial charge in [0.2, 0.25) is 0 Å². The van der Waals surface area contributed by atoms with Crippen LogP contribution in [0.5, 0.6) is 11.5 Å². The van der Waals surface area contributed by atoms with Gasteiger partial charge in [0, 0.05) is 12.1 Å². The molecule has 1 aliphatic heterocycles. The summed E-state index contributed by atoms with van der Waals surface area (Å²) in [5, 5.41) is 32.8. The Kier molecular flexibility index (Phi) is 5.11. The van der Waals surface area contributed by atoms with Gasteiger partial charge in [-0.05, 0) is 36.2 Å². The summed E-state index contributed by atoms with van der Waals surface area (Å²) < 4.78 is 5.06. The second-order valence-electron chi connectivity index (χ2n) is 5.81. The smallest absolute Gasteiger partial charge is 0.269 e. The van der Waals surface area contributed by atoms with Crippen LogP contribution in [0.2, 0.25) is 0 Å². The first-order chi connectivity index (χ1) is 13.0. The molecule has 0 spiro atoms. The molecular weight excluding hydrogens is 350 g/mol. The summed E-state index contributed by atoms with van der Waals surface area (Å²) in [6.45, 7) is 1.83. The van der Waals surface area contributed by atoms with Crippen molar-refractivity contribution in [2.24, 2.45) is 15.3 Å². The summed E-state index contributed by atoms with van der Waals surface area (Å²) in [5.41, 5.74) is 5.20. The second kappa shape index (κ2) is 7.65. The van der Waals surface area contributed by atoms with Crippen LogP contribution in [-0.4, -0.2) is 34.9 Å². The summed E-state index contributed by atoms with van der Waals surface area (Å²) in [6.07, 6.45) is 1.56. The third-order valence-corrected chi connectivity index (χ3v) is 4.04. The molecule has 0 aromatic heterocycles. The van der Waals surface area contributed by atoms with Crippen LogP contribution in [0.4, 0.5) is 5.69 Å². The van der Waals surface area contributed by atoms with Crippen molar-refractivity contribution in [1.82, 2.24) is 5.43 Å². The average molecular weight is 367 g/mol. The standard InChI is InChI=1S/C18H17N5O4/c1-11-17(13-4-6-14(7-5-13)23(25)26)18(22-20-11)21-19-10-12-3-8-15(24)16(9-12)27-2/h3-10,17,24H,1-2H3,(H,21,22)/b19-10+. The van der Waals surface area contributed by atoms with Crippen molar-refractivity contribution < 1.29 is 14.8 Å². The zero-order valence-corrected chi connectivity index (χ0v) is 14.7. The van der Waals surface area contributed by atoms with Gasteiger partial charge in [-0.25, -0.2) is 0 Å². The van der Waals surface area contributed by atoms with Gasteiger partial charge >= 0.3 is 0 Å². The van der Waals surface area contributed by atoms with E-state index in [0.717, 1.165) is 16.8 Å². The number of amidine groups is 1. The Balaban J connectivity index is 1.73. The number of hydrazone groups is 1. The number of phenolic OH excluding ortho intramolecular Hbond substituents is 1. The Labute approximate surface area is 154 Å². The predicted molar refractivity (Wildman–Crippen MR) is 102 cm³/mol. The van der Waals surface area contributed by atoms with Crippen molar-refractivity contribution >= 4 is 23.4 Å². The van der Waals surface area contributed by atoms with E-state index in [1.807, 2.05) is 6.92 Å². The Morgan fingerprint density at radius 1 is 1.26 bits per heavy atom. The van der Waals surface area contributed by atoms with Crippen LogP contribution >= 0.6 is 0 Å². The first-order valence-corrected chi connectivity index (χ1v) is 8.02. The van der Waals surface area contributed by atoms with Gasteiger partial charge < -0.3 is 9.84 Å². The second-order valence-corrected chi connectivity index (χ2v) is 5.81. The maximum atomic E-state index is 10.8. The van der Waals surface area contributed by atoms with Gasteiger partial charge in [0.25, 0.3) is 5.69 Å². The van der Waals surface area contributed by atoms with E-state index in [9.17, 15) is 15.2 Å². The number of nitrogens with zero attached hydrogens (tertiary/aromatic N) is 4. The number of benzene rings is 2. The molecule has 27 heavy (non-hydrogen) atoms. The largest absolute Gasteiger partial charge is 0.504 e. The van der Waals surface area contributed by atoms with Crippen LogP contribution in [0.3, 0.4) is 0 Å². The molecule has 2 aromatic rings. The molecule has 138 valence electrons. The number of nitrogens with one attached hydrogen (secondary N) is 1. The predicted octanol–water partition coefficient (Wildman–Crippen LogP) is 2.80. The van der Waals surface area contributed by atoms with Gasteiger partial charge in [0.05, 0.1) is 29.9 Å². The highest BCUT2D eigenvalue weighted by Gasteiger charge is 2.26. The number of hydrogen-bond donors (Lipinski definition) is 2. The number of methoxy groups -OCH3 is 1. The van der Waals surface area contributed by atoms with Gasteiger partial charge in [0.1, 0.15) is 0 Å². The van der Waals surface area contributed by atoms with Gasteiger partial charge in [-0.2, -0.15) is 10.2 Å². The average Bonchev–Trinajstić information content (AvgIpc) is 3.03. The van der Waals surface area contributed by atoms with Crippen LogP contribution in [0.1, 0.15) is 24.0 Å². The Morgan fingerprint density at radius 3 is 2.67 bits per heavy atom. The van der Waals surface area contributed by atoms with E-state index in [4.69, 9.17) is 4.74 Å². The molecule has 2 aromatic carbocycles. The third kappa shape index (κ3) is 3.92. The molecule has 3 rings (SSSR count). The third-order valence-electron chi connectivity index (χ3n) is 4.04. The van der Waals surface area contributed by atoms with Crippen molar-refractivity contribution in [3.05, 3.63) is 63.7 Å². The van der Waals surface area contributed by atoms with E-state index >= 15 is 0 Å². The van der Waals surface area contributed by atoms with Crippen molar-refractivity contribution in [3.8, 4) is 11.5 Å². The van der Waals surface area contributed by atoms with Gasteiger partial charge in [-0.3, -0.25) is 15.5 Å². The number of phenols is 1. The number of aromatic hydroxyl groups is 1. The molecule has 0 bridgehead atoms. The molecule has 0 saturated carbocycles. The highest BCUT2D eigenvalue weighted by molar-refractivity contribution is 6.13. The molecule has 9 heteroatoms. The van der Waals surface area contributed by atoms with E-state index in [0.29, 0.717) is 11.6 Å². The van der Waals surface area contributed by atoms with Crippen molar-refractivity contribution in [3.63, 3.8) is 0 Å². The summed E-state index contributed by atoms with van der Waals surface area (Å²) in [4.78, 5) is 10.4. The lowest BCUT2D eigenvalue weighted by Crippen LogP contribution is -2.26. The molecule has 0 radical (unpaired) electrons. The minimum absolute atomic E-state index is 0.0251. The van der Waals surface area contributed by atoms with Crippen molar-refractivity contribution in [1.29, 1.82) is 0 Å². The highest BCUT2D eigenvalue weighted by Crippen LogP contribution is 2.26. The lowest BCUT2D eigenvalue weighted by molar-refractivity contribution is -0.384. The fourth-order valence-corrected chi connectivity index (χ4v) is 2.67. The fourth-order valence-electron chi connectivity index (χ4n) is 2.67.